The molecule has 180 valence electrons. The molecule has 0 aromatic carbocycles. The number of carbonyl (C=O) groups excluding carboxylic acids is 3. The fourth-order valence-corrected chi connectivity index (χ4v) is 3.27. The number of thiol groups is 1. The average Bonchev–Trinajstić information content (AvgIpc) is 2.72. The van der Waals surface area contributed by atoms with E-state index >= 15 is 0 Å². The van der Waals surface area contributed by atoms with E-state index in [1.165, 1.54) is 18.7 Å². The van der Waals surface area contributed by atoms with Crippen molar-refractivity contribution >= 4 is 48.1 Å². The van der Waals surface area contributed by atoms with E-state index in [-0.39, 0.29) is 12.2 Å². The number of carbonyl (C=O) groups is 4. The van der Waals surface area contributed by atoms with Gasteiger partial charge < -0.3 is 37.6 Å². The zero-order chi connectivity index (χ0) is 24.0. The van der Waals surface area contributed by atoms with Crippen LogP contribution >= 0.6 is 24.4 Å². The van der Waals surface area contributed by atoms with Gasteiger partial charge in [0.15, 0.2) is 0 Å². The van der Waals surface area contributed by atoms with Crippen LogP contribution in [0.5, 0.6) is 0 Å². The maximum Gasteiger partial charge on any atom is 0.326 e. The van der Waals surface area contributed by atoms with E-state index in [9.17, 15) is 29.4 Å². The number of hydrogen-bond acceptors (Lipinski definition) is 9. The van der Waals surface area contributed by atoms with Gasteiger partial charge in [0.05, 0.1) is 12.1 Å². The second kappa shape index (κ2) is 16.1. The molecule has 5 unspecified atom stereocenters. The van der Waals surface area contributed by atoms with Gasteiger partial charge in [-0.3, -0.25) is 14.4 Å². The fourth-order valence-electron chi connectivity index (χ4n) is 2.52. The number of aliphatic hydroxyl groups excluding tert-OH is 1. The maximum absolute atomic E-state index is 12.6. The van der Waals surface area contributed by atoms with Crippen molar-refractivity contribution in [2.24, 2.45) is 11.5 Å². The summed E-state index contributed by atoms with van der Waals surface area (Å²) in [4.78, 5) is 48.6. The molecule has 0 bridgehead atoms. The number of thioether (sulfide) groups is 1. The Morgan fingerprint density at radius 1 is 1.00 bits per heavy atom. The highest BCUT2D eigenvalue weighted by Crippen LogP contribution is 2.04. The maximum atomic E-state index is 12.6. The number of aliphatic carboxylic acids is 1. The van der Waals surface area contributed by atoms with Crippen molar-refractivity contribution < 1.29 is 29.4 Å². The first-order valence-electron chi connectivity index (χ1n) is 9.96. The van der Waals surface area contributed by atoms with E-state index in [4.69, 9.17) is 11.5 Å². The summed E-state index contributed by atoms with van der Waals surface area (Å²) in [5.74, 6) is -2.84. The zero-order valence-electron chi connectivity index (χ0n) is 17.9. The molecule has 0 saturated carbocycles. The number of rotatable bonds is 16. The third-order valence-electron chi connectivity index (χ3n) is 4.41. The SMILES string of the molecule is CSCCC(N)C(=O)NC(C(=O)NC(CS)C(=O)NC(CCCCN)C(=O)O)C(C)O. The monoisotopic (exact) mass is 481 g/mol. The number of amides is 3. The lowest BCUT2D eigenvalue weighted by Crippen LogP contribution is -2.60. The smallest absolute Gasteiger partial charge is 0.326 e. The Kier molecular flexibility index (Phi) is 15.3. The van der Waals surface area contributed by atoms with E-state index in [0.717, 1.165) is 0 Å². The highest BCUT2D eigenvalue weighted by Gasteiger charge is 2.31. The molecule has 0 spiro atoms. The fraction of sp³-hybridized carbons (Fsp3) is 0.778. The molecule has 0 heterocycles. The number of carboxylic acids is 1. The number of nitrogens with one attached hydrogen (secondary N) is 3. The predicted octanol–water partition coefficient (Wildman–Crippen LogP) is -1.95. The third-order valence-corrected chi connectivity index (χ3v) is 5.42. The van der Waals surface area contributed by atoms with Gasteiger partial charge in [-0.15, -0.1) is 0 Å². The zero-order valence-corrected chi connectivity index (χ0v) is 19.6. The highest BCUT2D eigenvalue weighted by atomic mass is 32.2. The summed E-state index contributed by atoms with van der Waals surface area (Å²) >= 11 is 5.56. The van der Waals surface area contributed by atoms with Crippen LogP contribution in [0, 0.1) is 0 Å². The van der Waals surface area contributed by atoms with Gasteiger partial charge >= 0.3 is 5.97 Å². The van der Waals surface area contributed by atoms with E-state index < -0.39 is 54.0 Å². The predicted molar refractivity (Wildman–Crippen MR) is 123 cm³/mol. The first kappa shape index (κ1) is 29.5. The average molecular weight is 482 g/mol. The number of carboxylic acid groups (broad SMARTS) is 1. The second-order valence-electron chi connectivity index (χ2n) is 7.04. The molecule has 0 aliphatic heterocycles. The molecule has 5 atom stereocenters. The summed E-state index contributed by atoms with van der Waals surface area (Å²) in [5, 5.41) is 26.4. The summed E-state index contributed by atoms with van der Waals surface area (Å²) in [5.41, 5.74) is 11.2. The van der Waals surface area contributed by atoms with E-state index in [1.54, 1.807) is 0 Å². The minimum Gasteiger partial charge on any atom is -0.480 e. The molecule has 9 N–H and O–H groups in total. The molecule has 13 heteroatoms. The van der Waals surface area contributed by atoms with Gasteiger partial charge in [-0.25, -0.2) is 4.79 Å². The standard InChI is InChI=1S/C18H35N5O6S2/c1-10(24)14(23-15(25)11(20)6-8-31-2)17(27)22-13(9-30)16(26)21-12(18(28)29)5-3-4-7-19/h10-14,24,30H,3-9,19-20H2,1-2H3,(H,21,26)(H,22,27)(H,23,25)(H,28,29). The number of hydrogen-bond donors (Lipinski definition) is 8. The lowest BCUT2D eigenvalue weighted by Gasteiger charge is -2.25. The molecular weight excluding hydrogens is 446 g/mol. The lowest BCUT2D eigenvalue weighted by molar-refractivity contribution is -0.142. The van der Waals surface area contributed by atoms with Crippen molar-refractivity contribution in [1.29, 1.82) is 0 Å². The van der Waals surface area contributed by atoms with Gasteiger partial charge in [-0.2, -0.15) is 24.4 Å². The second-order valence-corrected chi connectivity index (χ2v) is 8.39. The first-order chi connectivity index (χ1) is 14.6. The minimum atomic E-state index is -1.34. The normalized spacial score (nSPS) is 15.8. The Morgan fingerprint density at radius 3 is 2.10 bits per heavy atom. The molecule has 0 aromatic rings. The molecule has 11 nitrogen and oxygen atoms in total. The Morgan fingerprint density at radius 2 is 1.61 bits per heavy atom. The van der Waals surface area contributed by atoms with Gasteiger partial charge in [-0.05, 0) is 51.2 Å². The van der Waals surface area contributed by atoms with Crippen molar-refractivity contribution in [3.05, 3.63) is 0 Å². The van der Waals surface area contributed by atoms with Crippen LogP contribution in [-0.4, -0.2) is 88.5 Å². The summed E-state index contributed by atoms with van der Waals surface area (Å²) in [6, 6.07) is -4.51. The van der Waals surface area contributed by atoms with Crippen molar-refractivity contribution in [2.45, 2.75) is 62.9 Å². The van der Waals surface area contributed by atoms with E-state index in [1.807, 2.05) is 6.26 Å². The van der Waals surface area contributed by atoms with Crippen LogP contribution in [0.1, 0.15) is 32.6 Å². The Balaban J connectivity index is 5.05. The number of aliphatic hydroxyl groups is 1. The number of unbranched alkanes of at least 4 members (excludes halogenated alkanes) is 1. The van der Waals surface area contributed by atoms with Crippen molar-refractivity contribution in [3.8, 4) is 0 Å². The van der Waals surface area contributed by atoms with Crippen molar-refractivity contribution in [3.63, 3.8) is 0 Å². The van der Waals surface area contributed by atoms with Gasteiger partial charge in [0.2, 0.25) is 17.7 Å². The largest absolute Gasteiger partial charge is 0.480 e. The van der Waals surface area contributed by atoms with Gasteiger partial charge in [-0.1, -0.05) is 0 Å². The van der Waals surface area contributed by atoms with Gasteiger partial charge in [0.1, 0.15) is 18.1 Å². The molecule has 0 rings (SSSR count). The number of nitrogens with two attached hydrogens (primary N) is 2. The van der Waals surface area contributed by atoms with Crippen LogP contribution in [0.4, 0.5) is 0 Å². The quantitative estimate of drug-likeness (QED) is 0.0911. The van der Waals surface area contributed by atoms with E-state index in [0.29, 0.717) is 31.6 Å². The van der Waals surface area contributed by atoms with Crippen LogP contribution in [0.25, 0.3) is 0 Å². The van der Waals surface area contributed by atoms with Crippen LogP contribution in [-0.2, 0) is 19.2 Å². The molecular formula is C18H35N5O6S2. The first-order valence-corrected chi connectivity index (χ1v) is 12.0. The minimum absolute atomic E-state index is 0.125. The highest BCUT2D eigenvalue weighted by molar-refractivity contribution is 7.98. The summed E-state index contributed by atoms with van der Waals surface area (Å²) in [6.45, 7) is 1.72. The lowest BCUT2D eigenvalue weighted by atomic mass is 10.1. The molecule has 0 fully saturated rings. The topological polar surface area (TPSA) is 197 Å². The molecule has 0 aromatic heterocycles. The van der Waals surface area contributed by atoms with Crippen LogP contribution in [0.15, 0.2) is 0 Å². The van der Waals surface area contributed by atoms with Crippen LogP contribution in [0.2, 0.25) is 0 Å². The Bertz CT molecular complexity index is 596. The third kappa shape index (κ3) is 11.6. The molecule has 3 amide bonds. The summed E-state index contributed by atoms with van der Waals surface area (Å²) in [7, 11) is 0. The molecule has 0 aliphatic carbocycles. The molecule has 0 aliphatic rings. The van der Waals surface area contributed by atoms with Crippen LogP contribution in [0.3, 0.4) is 0 Å². The Labute approximate surface area is 192 Å². The van der Waals surface area contributed by atoms with Crippen molar-refractivity contribution in [2.75, 3.05) is 24.3 Å². The molecule has 0 radical (unpaired) electrons. The molecule has 0 saturated heterocycles. The van der Waals surface area contributed by atoms with Gasteiger partial charge in [0, 0.05) is 5.75 Å². The van der Waals surface area contributed by atoms with Gasteiger partial charge in [0.25, 0.3) is 0 Å². The Hall–Kier alpha value is -1.54. The summed E-state index contributed by atoms with van der Waals surface area (Å²) < 4.78 is 0. The van der Waals surface area contributed by atoms with E-state index in [2.05, 4.69) is 28.6 Å². The summed E-state index contributed by atoms with van der Waals surface area (Å²) in [6.07, 6.45) is 2.31. The molecule has 31 heavy (non-hydrogen) atoms. The van der Waals surface area contributed by atoms with Crippen molar-refractivity contribution in [1.82, 2.24) is 16.0 Å². The van der Waals surface area contributed by atoms with Crippen LogP contribution < -0.4 is 27.4 Å².